The molecule has 1 aliphatic carbocycles. The van der Waals surface area contributed by atoms with Gasteiger partial charge < -0.3 is 22.1 Å². The molecule has 0 unspecified atom stereocenters. The number of Topliss-reactive ketones (excluding diaryl/α,β-unsaturated/α-hetero) is 1. The van der Waals surface area contributed by atoms with Crippen LogP contribution in [0.4, 0.5) is 0 Å². The number of halogens is 2. The predicted molar refractivity (Wildman–Crippen MR) is 156 cm³/mol. The number of carbonyl (C=O) groups is 1. The number of imidazole rings is 2. The molecule has 1 aliphatic rings. The highest BCUT2D eigenvalue weighted by molar-refractivity contribution is 8.76. The minimum atomic E-state index is -0.546. The van der Waals surface area contributed by atoms with Crippen LogP contribution in [0, 0.1) is 6.92 Å². The summed E-state index contributed by atoms with van der Waals surface area (Å²) in [6.45, 7) is 10.1. The molecule has 210 valence electrons. The van der Waals surface area contributed by atoms with Crippen LogP contribution in [0.1, 0.15) is 50.1 Å². The first-order valence-electron chi connectivity index (χ1n) is 12.2. The number of fused-ring (bicyclic) bond motifs is 3. The van der Waals surface area contributed by atoms with Crippen LogP contribution in [0.2, 0.25) is 0 Å². The molecule has 6 rings (SSSR count). The number of H-pyrrole nitrogens is 2. The molecule has 9 nitrogen and oxygen atoms in total. The number of aromatic nitrogens is 7. The van der Waals surface area contributed by atoms with Crippen LogP contribution >= 0.6 is 34.0 Å². The lowest BCUT2D eigenvalue weighted by Gasteiger charge is -2.21. The van der Waals surface area contributed by atoms with E-state index in [9.17, 15) is 4.79 Å². The molecule has 0 bridgehead atoms. The van der Waals surface area contributed by atoms with Gasteiger partial charge >= 0.3 is 5.95 Å². The Kier molecular flexibility index (Phi) is 8.16. The van der Waals surface area contributed by atoms with E-state index in [-0.39, 0.29) is 30.6 Å². The maximum Gasteiger partial charge on any atom is 0.402 e. The Labute approximate surface area is 252 Å². The fraction of sp³-hybridized carbons (Fsp3) is 0.333. The standard InChI is InChI=1S/C27H28N7O2S2.2ClH/c1-14-19(11-37-38-23-21-22(29-12-28-21)30-13-31-23)34(8-7-20(14)36-6)25-32-17-9-15-16(10-18(17)33-25)27(4,5)24(35)26(15,2)3;;/h7-10,12-13H,11H2,1-6H3,(H,32,33)(H,28,29,30,31);2*1H/q+1;;/p-1. The summed E-state index contributed by atoms with van der Waals surface area (Å²) in [5, 5.41) is 0.811. The maximum absolute atomic E-state index is 13.1. The lowest BCUT2D eigenvalue weighted by molar-refractivity contribution is -0.610. The van der Waals surface area contributed by atoms with Crippen molar-refractivity contribution < 1.29 is 26.5 Å². The lowest BCUT2D eigenvalue weighted by atomic mass is 9.80. The second-order valence-electron chi connectivity index (χ2n) is 10.5. The van der Waals surface area contributed by atoms with Crippen molar-refractivity contribution in [1.82, 2.24) is 29.9 Å². The number of aromatic amines is 2. The first kappa shape index (κ1) is 30.1. The molecule has 0 amide bonds. The van der Waals surface area contributed by atoms with Gasteiger partial charge in [0.1, 0.15) is 33.8 Å². The van der Waals surface area contributed by atoms with Gasteiger partial charge in [-0.15, -0.1) is 12.4 Å². The fourth-order valence-electron chi connectivity index (χ4n) is 5.44. The van der Waals surface area contributed by atoms with Crippen LogP contribution in [-0.4, -0.2) is 42.8 Å². The lowest BCUT2D eigenvalue weighted by Crippen LogP contribution is -3.00. The van der Waals surface area contributed by atoms with Gasteiger partial charge in [-0.05, 0) is 68.7 Å². The van der Waals surface area contributed by atoms with Crippen molar-refractivity contribution in [1.29, 1.82) is 0 Å². The van der Waals surface area contributed by atoms with Crippen LogP contribution in [0.15, 0.2) is 42.1 Å². The third kappa shape index (κ3) is 4.62. The average Bonchev–Trinajstić information content (AvgIpc) is 3.57. The van der Waals surface area contributed by atoms with Gasteiger partial charge in [0, 0.05) is 22.5 Å². The molecule has 13 heteroatoms. The smallest absolute Gasteiger partial charge is 0.402 e. The average molecular weight is 619 g/mol. The van der Waals surface area contributed by atoms with Crippen LogP contribution in [0.3, 0.4) is 0 Å². The molecule has 4 heterocycles. The molecule has 0 spiro atoms. The van der Waals surface area contributed by atoms with E-state index in [1.165, 1.54) is 0 Å². The van der Waals surface area contributed by atoms with E-state index in [2.05, 4.69) is 48.5 Å². The first-order chi connectivity index (χ1) is 18.1. The Balaban J connectivity index is 0.00000185. The summed E-state index contributed by atoms with van der Waals surface area (Å²) in [6, 6.07) is 6.12. The van der Waals surface area contributed by atoms with Gasteiger partial charge in [-0.3, -0.25) is 4.79 Å². The summed E-state index contributed by atoms with van der Waals surface area (Å²) in [5.41, 5.74) is 6.35. The Hall–Kier alpha value is -2.86. The zero-order valence-electron chi connectivity index (χ0n) is 22.8. The highest BCUT2D eigenvalue weighted by atomic mass is 35.5. The number of nitrogens with zero attached hydrogens (tertiary/aromatic N) is 5. The van der Waals surface area contributed by atoms with Gasteiger partial charge in [0.15, 0.2) is 16.9 Å². The van der Waals surface area contributed by atoms with E-state index in [4.69, 9.17) is 9.72 Å². The minimum absolute atomic E-state index is 0. The van der Waals surface area contributed by atoms with Crippen LogP contribution in [0.5, 0.6) is 5.75 Å². The molecule has 2 N–H and O–H groups in total. The van der Waals surface area contributed by atoms with Gasteiger partial charge in [0.2, 0.25) is 0 Å². The number of rotatable bonds is 6. The number of ketones is 1. The van der Waals surface area contributed by atoms with Crippen molar-refractivity contribution in [3.63, 3.8) is 0 Å². The maximum atomic E-state index is 13.1. The third-order valence-electron chi connectivity index (χ3n) is 7.52. The molecular formula is C27H29Cl2N7O2S2. The van der Waals surface area contributed by atoms with Crippen LogP contribution < -0.4 is 21.7 Å². The Morgan fingerprint density at radius 2 is 1.80 bits per heavy atom. The number of carbonyl (C=O) groups excluding carboxylic acids is 1. The summed E-state index contributed by atoms with van der Waals surface area (Å²) < 4.78 is 7.70. The van der Waals surface area contributed by atoms with Crippen molar-refractivity contribution >= 4 is 62.0 Å². The first-order valence-corrected chi connectivity index (χ1v) is 14.6. The Morgan fingerprint density at radius 1 is 1.07 bits per heavy atom. The van der Waals surface area contributed by atoms with Gasteiger partial charge in [0.05, 0.1) is 25.4 Å². The predicted octanol–water partition coefficient (Wildman–Crippen LogP) is 2.33. The molecule has 4 aromatic heterocycles. The molecule has 5 aromatic rings. The van der Waals surface area contributed by atoms with Gasteiger partial charge in [-0.25, -0.2) is 24.5 Å². The fourth-order valence-corrected chi connectivity index (χ4v) is 7.61. The molecule has 40 heavy (non-hydrogen) atoms. The van der Waals surface area contributed by atoms with E-state index in [1.807, 2.05) is 40.0 Å². The van der Waals surface area contributed by atoms with Crippen LogP contribution in [-0.2, 0) is 21.4 Å². The minimum Gasteiger partial charge on any atom is -1.00 e. The summed E-state index contributed by atoms with van der Waals surface area (Å²) in [7, 11) is 4.90. The van der Waals surface area contributed by atoms with Crippen LogP contribution in [0.25, 0.3) is 28.1 Å². The summed E-state index contributed by atoms with van der Waals surface area (Å²) >= 11 is 0. The number of pyridine rings is 1. The van der Waals surface area contributed by atoms with Crippen molar-refractivity contribution in [2.45, 2.75) is 56.2 Å². The van der Waals surface area contributed by atoms with Crippen molar-refractivity contribution in [2.24, 2.45) is 0 Å². The number of hydrogen-bond donors (Lipinski definition) is 2. The van der Waals surface area contributed by atoms with E-state index in [0.29, 0.717) is 11.7 Å². The Morgan fingerprint density at radius 3 is 2.52 bits per heavy atom. The normalized spacial score (nSPS) is 15.1. The molecular weight excluding hydrogens is 589 g/mol. The van der Waals surface area contributed by atoms with E-state index in [1.54, 1.807) is 41.4 Å². The van der Waals surface area contributed by atoms with Gasteiger partial charge in [-0.2, -0.15) is 0 Å². The van der Waals surface area contributed by atoms with E-state index in [0.717, 1.165) is 55.4 Å². The highest BCUT2D eigenvalue weighted by Gasteiger charge is 2.50. The largest absolute Gasteiger partial charge is 1.00 e. The molecule has 0 fully saturated rings. The number of benzene rings is 1. The summed E-state index contributed by atoms with van der Waals surface area (Å²) in [5.74, 6) is 2.44. The molecule has 0 radical (unpaired) electrons. The zero-order chi connectivity index (χ0) is 26.8. The van der Waals surface area contributed by atoms with E-state index >= 15 is 0 Å². The monoisotopic (exact) mass is 617 g/mol. The summed E-state index contributed by atoms with van der Waals surface area (Å²) in [4.78, 5) is 37.6. The van der Waals surface area contributed by atoms with Crippen molar-refractivity contribution in [2.75, 3.05) is 7.11 Å². The van der Waals surface area contributed by atoms with Gasteiger partial charge in [0.25, 0.3) is 0 Å². The molecule has 0 aliphatic heterocycles. The van der Waals surface area contributed by atoms with Gasteiger partial charge in [-0.1, -0.05) is 15.8 Å². The molecule has 0 atom stereocenters. The third-order valence-corrected chi connectivity index (χ3v) is 9.67. The number of ether oxygens (including phenoxy) is 1. The van der Waals surface area contributed by atoms with Crippen molar-refractivity contribution in [3.05, 3.63) is 59.4 Å². The second-order valence-corrected chi connectivity index (χ2v) is 12.8. The highest BCUT2D eigenvalue weighted by Crippen LogP contribution is 2.47. The number of nitrogens with one attached hydrogen (secondary N) is 2. The SMILES string of the molecule is COc1cc[n+](-c2nc3cc4c(cc3[nH]2)C(C)(C)C(=O)C4(C)C)c(CSSc2ncnc3[nH]cnc23)c1C.Cl.[Cl-]. The quantitative estimate of drug-likeness (QED) is 0.170. The molecule has 0 saturated carbocycles. The topological polar surface area (TPSA) is 113 Å². The number of methoxy groups -OCH3 is 1. The molecule has 0 saturated heterocycles. The zero-order valence-corrected chi connectivity index (χ0v) is 26.0. The summed E-state index contributed by atoms with van der Waals surface area (Å²) in [6.07, 6.45) is 5.15. The molecule has 1 aromatic carbocycles. The Bertz CT molecular complexity index is 1700. The van der Waals surface area contributed by atoms with E-state index < -0.39 is 10.8 Å². The second kappa shape index (κ2) is 10.8. The number of hydrogen-bond acceptors (Lipinski definition) is 8. The van der Waals surface area contributed by atoms with Crippen molar-refractivity contribution in [3.8, 4) is 11.7 Å².